The van der Waals surface area contributed by atoms with Gasteiger partial charge >= 0.3 is 5.97 Å². The van der Waals surface area contributed by atoms with Crippen LogP contribution in [0.1, 0.15) is 21.5 Å². The van der Waals surface area contributed by atoms with Gasteiger partial charge in [0.25, 0.3) is 0 Å². The minimum Gasteiger partial charge on any atom is -0.465 e. The quantitative estimate of drug-likeness (QED) is 0.593. The van der Waals surface area contributed by atoms with E-state index in [2.05, 4.69) is 4.74 Å². The molecular formula is C10H7Cl2NO2. The molecule has 15 heavy (non-hydrogen) atoms. The van der Waals surface area contributed by atoms with Gasteiger partial charge in [-0.3, -0.25) is 0 Å². The van der Waals surface area contributed by atoms with E-state index in [1.807, 2.05) is 6.07 Å². The van der Waals surface area contributed by atoms with Gasteiger partial charge in [-0.1, -0.05) is 11.6 Å². The number of esters is 1. The Morgan fingerprint density at radius 3 is 2.73 bits per heavy atom. The van der Waals surface area contributed by atoms with Crippen LogP contribution in [0.5, 0.6) is 0 Å². The highest BCUT2D eigenvalue weighted by Gasteiger charge is 2.16. The number of benzene rings is 1. The molecule has 0 radical (unpaired) electrons. The van der Waals surface area contributed by atoms with Crippen molar-refractivity contribution in [2.75, 3.05) is 7.11 Å². The van der Waals surface area contributed by atoms with E-state index in [4.69, 9.17) is 28.5 Å². The molecule has 1 aromatic carbocycles. The van der Waals surface area contributed by atoms with Gasteiger partial charge in [0.15, 0.2) is 0 Å². The lowest BCUT2D eigenvalue weighted by molar-refractivity contribution is 0.0600. The highest BCUT2D eigenvalue weighted by Crippen LogP contribution is 2.23. The number of ether oxygens (including phenoxy) is 1. The lowest BCUT2D eigenvalue weighted by atomic mass is 10.1. The van der Waals surface area contributed by atoms with E-state index >= 15 is 0 Å². The SMILES string of the molecule is COC(=O)c1cc(CCl)cc(Cl)c1C#N. The van der Waals surface area contributed by atoms with E-state index in [-0.39, 0.29) is 22.0 Å². The molecule has 0 fully saturated rings. The Balaban J connectivity index is 3.40. The third-order valence-corrected chi connectivity index (χ3v) is 2.43. The van der Waals surface area contributed by atoms with Gasteiger partial charge < -0.3 is 4.74 Å². The van der Waals surface area contributed by atoms with Crippen molar-refractivity contribution in [2.24, 2.45) is 0 Å². The summed E-state index contributed by atoms with van der Waals surface area (Å²) in [5.74, 6) is -0.379. The molecule has 0 heterocycles. The third kappa shape index (κ3) is 2.41. The van der Waals surface area contributed by atoms with Crippen LogP contribution in [0.2, 0.25) is 5.02 Å². The van der Waals surface area contributed by atoms with Crippen LogP contribution in [0.4, 0.5) is 0 Å². The van der Waals surface area contributed by atoms with Crippen molar-refractivity contribution >= 4 is 29.2 Å². The number of carbonyl (C=O) groups is 1. The summed E-state index contributed by atoms with van der Waals surface area (Å²) in [6.07, 6.45) is 0. The zero-order chi connectivity index (χ0) is 11.4. The van der Waals surface area contributed by atoms with E-state index in [0.717, 1.165) is 0 Å². The first-order valence-electron chi connectivity index (χ1n) is 4.00. The summed E-state index contributed by atoms with van der Waals surface area (Å²) in [5, 5.41) is 9.04. The Morgan fingerprint density at radius 1 is 1.60 bits per heavy atom. The maximum absolute atomic E-state index is 11.3. The molecule has 0 bridgehead atoms. The van der Waals surface area contributed by atoms with Crippen LogP contribution in [0.25, 0.3) is 0 Å². The van der Waals surface area contributed by atoms with E-state index in [1.165, 1.54) is 13.2 Å². The summed E-state index contributed by atoms with van der Waals surface area (Å²) in [6.45, 7) is 0. The molecule has 0 amide bonds. The van der Waals surface area contributed by atoms with Crippen LogP contribution < -0.4 is 0 Å². The van der Waals surface area contributed by atoms with Gasteiger partial charge in [-0.2, -0.15) is 5.26 Å². The average molecular weight is 244 g/mol. The van der Waals surface area contributed by atoms with Crippen molar-refractivity contribution in [1.82, 2.24) is 0 Å². The number of rotatable bonds is 2. The molecule has 0 atom stereocenters. The molecule has 0 aliphatic carbocycles. The van der Waals surface area contributed by atoms with Crippen molar-refractivity contribution in [1.29, 1.82) is 5.26 Å². The molecule has 78 valence electrons. The molecule has 0 unspecified atom stereocenters. The van der Waals surface area contributed by atoms with Crippen LogP contribution in [0.15, 0.2) is 12.1 Å². The van der Waals surface area contributed by atoms with E-state index in [9.17, 15) is 4.79 Å². The fourth-order valence-electron chi connectivity index (χ4n) is 1.12. The predicted molar refractivity (Wildman–Crippen MR) is 57.1 cm³/mol. The summed E-state index contributed by atoms with van der Waals surface area (Å²) in [6, 6.07) is 4.91. The number of nitriles is 1. The number of alkyl halides is 1. The van der Waals surface area contributed by atoms with Crippen molar-refractivity contribution in [3.63, 3.8) is 0 Å². The Hall–Kier alpha value is -1.24. The maximum atomic E-state index is 11.3. The fraction of sp³-hybridized carbons (Fsp3) is 0.200. The number of hydrogen-bond donors (Lipinski definition) is 0. The van der Waals surface area contributed by atoms with Gasteiger partial charge in [-0.15, -0.1) is 11.6 Å². The lowest BCUT2D eigenvalue weighted by Crippen LogP contribution is -2.05. The molecule has 5 heteroatoms. The van der Waals surface area contributed by atoms with Crippen LogP contribution >= 0.6 is 23.2 Å². The molecule has 1 rings (SSSR count). The highest BCUT2D eigenvalue weighted by atomic mass is 35.5. The zero-order valence-electron chi connectivity index (χ0n) is 7.88. The minimum absolute atomic E-state index is 0.109. The summed E-state index contributed by atoms with van der Waals surface area (Å²) < 4.78 is 4.54. The number of carbonyl (C=O) groups excluding carboxylic acids is 1. The van der Waals surface area contributed by atoms with Gasteiger partial charge in [0.1, 0.15) is 6.07 Å². The highest BCUT2D eigenvalue weighted by molar-refractivity contribution is 6.32. The normalized spacial score (nSPS) is 9.47. The predicted octanol–water partition coefficient (Wildman–Crippen LogP) is 2.74. The van der Waals surface area contributed by atoms with Gasteiger partial charge in [0.2, 0.25) is 0 Å². The van der Waals surface area contributed by atoms with Crippen molar-refractivity contribution in [3.8, 4) is 6.07 Å². The van der Waals surface area contributed by atoms with Gasteiger partial charge in [-0.25, -0.2) is 4.79 Å². The molecule has 3 nitrogen and oxygen atoms in total. The maximum Gasteiger partial charge on any atom is 0.339 e. The first-order chi connectivity index (χ1) is 7.13. The molecule has 0 aliphatic heterocycles. The molecule has 0 N–H and O–H groups in total. The van der Waals surface area contributed by atoms with Gasteiger partial charge in [0, 0.05) is 5.88 Å². The smallest absolute Gasteiger partial charge is 0.339 e. The molecule has 0 saturated heterocycles. The summed E-state index contributed by atoms with van der Waals surface area (Å²) in [7, 11) is 1.24. The first-order valence-corrected chi connectivity index (χ1v) is 4.92. The zero-order valence-corrected chi connectivity index (χ0v) is 9.39. The Labute approximate surface area is 97.2 Å². The third-order valence-electron chi connectivity index (χ3n) is 1.82. The van der Waals surface area contributed by atoms with Gasteiger partial charge in [0.05, 0.1) is 23.3 Å². The van der Waals surface area contributed by atoms with E-state index in [1.54, 1.807) is 6.07 Å². The number of hydrogen-bond acceptors (Lipinski definition) is 3. The monoisotopic (exact) mass is 243 g/mol. The largest absolute Gasteiger partial charge is 0.465 e. The standard InChI is InChI=1S/C10H7Cl2NO2/c1-15-10(14)7-2-6(4-11)3-9(12)8(7)5-13/h2-3H,4H2,1H3. The van der Waals surface area contributed by atoms with Crippen molar-refractivity contribution < 1.29 is 9.53 Å². The first kappa shape index (κ1) is 11.8. The van der Waals surface area contributed by atoms with E-state index in [0.29, 0.717) is 5.56 Å². The topological polar surface area (TPSA) is 50.1 Å². The molecule has 0 saturated carbocycles. The Bertz CT molecular complexity index is 438. The molecule has 0 spiro atoms. The van der Waals surface area contributed by atoms with Crippen LogP contribution in [-0.4, -0.2) is 13.1 Å². The molecule has 1 aromatic rings. The van der Waals surface area contributed by atoms with Crippen LogP contribution in [0.3, 0.4) is 0 Å². The Morgan fingerprint density at radius 2 is 2.27 bits per heavy atom. The number of halogens is 2. The molecule has 0 aliphatic rings. The molecular weight excluding hydrogens is 237 g/mol. The molecule has 0 aromatic heterocycles. The summed E-state index contributed by atoms with van der Waals surface area (Å²) >= 11 is 11.4. The number of nitrogens with zero attached hydrogens (tertiary/aromatic N) is 1. The number of methoxy groups -OCH3 is 1. The second-order valence-electron chi connectivity index (χ2n) is 2.74. The van der Waals surface area contributed by atoms with Crippen molar-refractivity contribution in [3.05, 3.63) is 33.8 Å². The second kappa shape index (κ2) is 5.01. The van der Waals surface area contributed by atoms with E-state index < -0.39 is 5.97 Å². The summed E-state index contributed by atoms with van der Waals surface area (Å²) in [4.78, 5) is 11.3. The summed E-state index contributed by atoms with van der Waals surface area (Å²) in [5.41, 5.74) is 0.918. The fourth-order valence-corrected chi connectivity index (χ4v) is 1.56. The lowest BCUT2D eigenvalue weighted by Gasteiger charge is -2.05. The van der Waals surface area contributed by atoms with Crippen LogP contribution in [-0.2, 0) is 10.6 Å². The Kier molecular flexibility index (Phi) is 3.96. The minimum atomic E-state index is -0.597. The van der Waals surface area contributed by atoms with Gasteiger partial charge in [-0.05, 0) is 17.7 Å². The second-order valence-corrected chi connectivity index (χ2v) is 3.41. The van der Waals surface area contributed by atoms with Crippen molar-refractivity contribution in [2.45, 2.75) is 5.88 Å². The van der Waals surface area contributed by atoms with Crippen LogP contribution in [0, 0.1) is 11.3 Å². The average Bonchev–Trinajstić information content (AvgIpc) is 2.26.